The highest BCUT2D eigenvalue weighted by atomic mass is 35.5. The molecular weight excluding hydrogens is 269 g/mol. The van der Waals surface area contributed by atoms with Crippen LogP contribution in [0, 0.1) is 5.82 Å². The summed E-state index contributed by atoms with van der Waals surface area (Å²) in [4.78, 5) is 15.6. The molecule has 100 valence electrons. The van der Waals surface area contributed by atoms with Gasteiger partial charge < -0.3 is 9.88 Å². The van der Waals surface area contributed by atoms with Gasteiger partial charge in [0.1, 0.15) is 11.6 Å². The van der Waals surface area contributed by atoms with E-state index in [-0.39, 0.29) is 23.6 Å². The van der Waals surface area contributed by atoms with E-state index in [0.29, 0.717) is 24.3 Å². The van der Waals surface area contributed by atoms with Crippen molar-refractivity contribution >= 4 is 28.5 Å². The molecule has 4 nitrogen and oxygen atoms in total. The molecule has 0 spiro atoms. The fourth-order valence-electron chi connectivity index (χ4n) is 2.49. The van der Waals surface area contributed by atoms with Crippen LogP contribution in [0.3, 0.4) is 0 Å². The standard InChI is InChI=1S/C13H13ClFN3O/c14-6-12-17-10-5-8(15)1-3-11(10)18(12)7-9-2-4-13(19)16-9/h1,3,5,9H,2,4,6-7H2,(H,16,19). The molecule has 1 saturated heterocycles. The van der Waals surface area contributed by atoms with E-state index in [2.05, 4.69) is 10.3 Å². The van der Waals surface area contributed by atoms with Gasteiger partial charge in [-0.1, -0.05) is 0 Å². The number of benzene rings is 1. The van der Waals surface area contributed by atoms with Gasteiger partial charge in [-0.25, -0.2) is 9.37 Å². The Morgan fingerprint density at radius 2 is 2.37 bits per heavy atom. The number of nitrogens with zero attached hydrogens (tertiary/aromatic N) is 2. The first-order valence-electron chi connectivity index (χ1n) is 6.17. The molecule has 6 heteroatoms. The fourth-order valence-corrected chi connectivity index (χ4v) is 2.70. The Labute approximate surface area is 114 Å². The summed E-state index contributed by atoms with van der Waals surface area (Å²) in [5, 5.41) is 2.91. The molecule has 0 bridgehead atoms. The van der Waals surface area contributed by atoms with Crippen molar-refractivity contribution in [2.24, 2.45) is 0 Å². The van der Waals surface area contributed by atoms with Crippen molar-refractivity contribution < 1.29 is 9.18 Å². The van der Waals surface area contributed by atoms with Gasteiger partial charge in [0.15, 0.2) is 0 Å². The second-order valence-electron chi connectivity index (χ2n) is 4.71. The minimum atomic E-state index is -0.313. The van der Waals surface area contributed by atoms with Gasteiger partial charge in [-0.2, -0.15) is 0 Å². The number of hydrogen-bond acceptors (Lipinski definition) is 2. The van der Waals surface area contributed by atoms with Gasteiger partial charge in [-0.3, -0.25) is 4.79 Å². The largest absolute Gasteiger partial charge is 0.352 e. The maximum Gasteiger partial charge on any atom is 0.220 e. The Hall–Kier alpha value is -1.62. The number of fused-ring (bicyclic) bond motifs is 1. The molecule has 0 radical (unpaired) electrons. The number of alkyl halides is 1. The highest BCUT2D eigenvalue weighted by molar-refractivity contribution is 6.16. The molecule has 1 N–H and O–H groups in total. The van der Waals surface area contributed by atoms with E-state index in [0.717, 1.165) is 11.9 Å². The Bertz CT molecular complexity index is 640. The van der Waals surface area contributed by atoms with Crippen LogP contribution >= 0.6 is 11.6 Å². The van der Waals surface area contributed by atoms with Crippen molar-refractivity contribution in [1.82, 2.24) is 14.9 Å². The molecule has 2 heterocycles. The van der Waals surface area contributed by atoms with Gasteiger partial charge in [-0.05, 0) is 18.6 Å². The smallest absolute Gasteiger partial charge is 0.220 e. The predicted molar refractivity (Wildman–Crippen MR) is 70.4 cm³/mol. The highest BCUT2D eigenvalue weighted by Gasteiger charge is 2.23. The van der Waals surface area contributed by atoms with Gasteiger partial charge >= 0.3 is 0 Å². The maximum absolute atomic E-state index is 13.2. The van der Waals surface area contributed by atoms with E-state index >= 15 is 0 Å². The second kappa shape index (κ2) is 4.81. The van der Waals surface area contributed by atoms with Crippen molar-refractivity contribution in [3.63, 3.8) is 0 Å². The molecule has 1 aliphatic heterocycles. The van der Waals surface area contributed by atoms with Crippen LogP contribution in [-0.4, -0.2) is 21.5 Å². The number of carbonyl (C=O) groups excluding carboxylic acids is 1. The Balaban J connectivity index is 1.98. The first kappa shape index (κ1) is 12.4. The summed E-state index contributed by atoms with van der Waals surface area (Å²) in [6, 6.07) is 4.60. The van der Waals surface area contributed by atoms with Crippen molar-refractivity contribution in [2.75, 3.05) is 0 Å². The van der Waals surface area contributed by atoms with Crippen LogP contribution in [-0.2, 0) is 17.2 Å². The monoisotopic (exact) mass is 281 g/mol. The fraction of sp³-hybridized carbons (Fsp3) is 0.385. The number of carbonyl (C=O) groups is 1. The number of imidazole rings is 1. The number of amides is 1. The molecule has 1 aliphatic rings. The Morgan fingerprint density at radius 1 is 1.53 bits per heavy atom. The van der Waals surface area contributed by atoms with Gasteiger partial charge in [0.05, 0.1) is 16.9 Å². The van der Waals surface area contributed by atoms with Gasteiger partial charge in [0.25, 0.3) is 0 Å². The summed E-state index contributed by atoms with van der Waals surface area (Å²) in [5.41, 5.74) is 1.44. The predicted octanol–water partition coefficient (Wildman–Crippen LogP) is 2.19. The summed E-state index contributed by atoms with van der Waals surface area (Å²) in [6.45, 7) is 0.621. The van der Waals surface area contributed by atoms with Crippen LogP contribution in [0.15, 0.2) is 18.2 Å². The average molecular weight is 282 g/mol. The third-order valence-corrected chi connectivity index (χ3v) is 3.64. The third-order valence-electron chi connectivity index (χ3n) is 3.40. The number of aromatic nitrogens is 2. The van der Waals surface area contributed by atoms with E-state index in [4.69, 9.17) is 11.6 Å². The zero-order valence-electron chi connectivity index (χ0n) is 10.2. The first-order valence-corrected chi connectivity index (χ1v) is 6.71. The number of rotatable bonds is 3. The first-order chi connectivity index (χ1) is 9.17. The number of halogens is 2. The number of nitrogens with one attached hydrogen (secondary N) is 1. The lowest BCUT2D eigenvalue weighted by molar-refractivity contribution is -0.119. The van der Waals surface area contributed by atoms with E-state index < -0.39 is 0 Å². The summed E-state index contributed by atoms with van der Waals surface area (Å²) in [6.07, 6.45) is 1.36. The van der Waals surface area contributed by atoms with Crippen molar-refractivity contribution in [1.29, 1.82) is 0 Å². The van der Waals surface area contributed by atoms with Gasteiger partial charge in [0, 0.05) is 25.1 Å². The van der Waals surface area contributed by atoms with Crippen LogP contribution < -0.4 is 5.32 Å². The molecule has 0 aliphatic carbocycles. The molecule has 2 aromatic rings. The topological polar surface area (TPSA) is 46.9 Å². The van der Waals surface area contributed by atoms with Crippen LogP contribution in [0.5, 0.6) is 0 Å². The zero-order valence-corrected chi connectivity index (χ0v) is 11.0. The maximum atomic E-state index is 13.2. The molecule has 1 amide bonds. The average Bonchev–Trinajstić information content (AvgIpc) is 2.94. The lowest BCUT2D eigenvalue weighted by Crippen LogP contribution is -2.30. The summed E-state index contributed by atoms with van der Waals surface area (Å²) >= 11 is 5.89. The molecule has 1 aromatic carbocycles. The molecule has 19 heavy (non-hydrogen) atoms. The van der Waals surface area contributed by atoms with Gasteiger partial charge in [0.2, 0.25) is 5.91 Å². The highest BCUT2D eigenvalue weighted by Crippen LogP contribution is 2.21. The van der Waals surface area contributed by atoms with E-state index in [9.17, 15) is 9.18 Å². The second-order valence-corrected chi connectivity index (χ2v) is 4.98. The van der Waals surface area contributed by atoms with Crippen molar-refractivity contribution in [3.8, 4) is 0 Å². The third kappa shape index (κ3) is 2.30. The molecule has 1 unspecified atom stereocenters. The lowest BCUT2D eigenvalue weighted by atomic mass is 10.2. The minimum absolute atomic E-state index is 0.0767. The molecular formula is C13H13ClFN3O. The minimum Gasteiger partial charge on any atom is -0.352 e. The van der Waals surface area contributed by atoms with Crippen molar-refractivity contribution in [2.45, 2.75) is 31.3 Å². The molecule has 1 aromatic heterocycles. The van der Waals surface area contributed by atoms with E-state index in [1.165, 1.54) is 12.1 Å². The Morgan fingerprint density at radius 3 is 3.05 bits per heavy atom. The summed E-state index contributed by atoms with van der Waals surface area (Å²) in [7, 11) is 0. The summed E-state index contributed by atoms with van der Waals surface area (Å²) in [5.74, 6) is 0.723. The van der Waals surface area contributed by atoms with E-state index in [1.807, 2.05) is 4.57 Å². The van der Waals surface area contributed by atoms with Gasteiger partial charge in [-0.15, -0.1) is 11.6 Å². The molecule has 1 fully saturated rings. The quantitative estimate of drug-likeness (QED) is 0.877. The zero-order chi connectivity index (χ0) is 13.4. The molecule has 1 atom stereocenters. The van der Waals surface area contributed by atoms with Crippen LogP contribution in [0.4, 0.5) is 4.39 Å². The molecule has 0 saturated carbocycles. The SMILES string of the molecule is O=C1CCC(Cn2c(CCl)nc3cc(F)ccc32)N1. The molecule has 3 rings (SSSR count). The number of hydrogen-bond donors (Lipinski definition) is 1. The summed E-state index contributed by atoms with van der Waals surface area (Å²) < 4.78 is 15.2. The van der Waals surface area contributed by atoms with Crippen LogP contribution in [0.25, 0.3) is 11.0 Å². The normalized spacial score (nSPS) is 19.1. The van der Waals surface area contributed by atoms with Crippen LogP contribution in [0.2, 0.25) is 0 Å². The van der Waals surface area contributed by atoms with Crippen molar-refractivity contribution in [3.05, 3.63) is 29.8 Å². The van der Waals surface area contributed by atoms with E-state index in [1.54, 1.807) is 6.07 Å². The lowest BCUT2D eigenvalue weighted by Gasteiger charge is -2.13. The van der Waals surface area contributed by atoms with Crippen LogP contribution in [0.1, 0.15) is 18.7 Å². The Kier molecular flexibility index (Phi) is 3.14.